The third-order valence-corrected chi connectivity index (χ3v) is 6.56. The molecule has 1 heterocycles. The molecule has 30 heavy (non-hydrogen) atoms. The molecule has 3 N–H and O–H groups in total. The second-order valence-electron chi connectivity index (χ2n) is 5.83. The van der Waals surface area contributed by atoms with Gasteiger partial charge in [0.15, 0.2) is 17.3 Å². The number of nitrogens with one attached hydrogen (secondary N) is 1. The van der Waals surface area contributed by atoms with E-state index < -0.39 is 0 Å². The Labute approximate surface area is 202 Å². The van der Waals surface area contributed by atoms with Gasteiger partial charge in [-0.3, -0.25) is 4.79 Å². The van der Waals surface area contributed by atoms with Gasteiger partial charge in [-0.1, -0.05) is 27.7 Å². The maximum atomic E-state index is 12.4. The van der Waals surface area contributed by atoms with Crippen LogP contribution < -0.4 is 20.6 Å². The molecule has 12 heteroatoms. The molecular weight excluding hydrogens is 606 g/mol. The van der Waals surface area contributed by atoms with Gasteiger partial charge in [0.05, 0.1) is 25.7 Å². The second kappa shape index (κ2) is 10.0. The van der Waals surface area contributed by atoms with Crippen molar-refractivity contribution in [1.29, 1.82) is 0 Å². The molecule has 3 rings (SSSR count). The van der Waals surface area contributed by atoms with Gasteiger partial charge in [0.25, 0.3) is 0 Å². The average Bonchev–Trinajstić information content (AvgIpc) is 3.08. The van der Waals surface area contributed by atoms with Gasteiger partial charge in [0, 0.05) is 19.0 Å². The molecule has 0 aliphatic carbocycles. The van der Waals surface area contributed by atoms with Gasteiger partial charge in [-0.25, -0.2) is 4.68 Å². The number of aromatic nitrogens is 3. The van der Waals surface area contributed by atoms with Gasteiger partial charge in [-0.2, -0.15) is 0 Å². The molecule has 3 aromatic rings. The SMILES string of the molecule is COc1ccc(-c2nnc(SCC(=O)Nc3c(Br)cc(Br)cc3Br)n2N)cc1OC. The summed E-state index contributed by atoms with van der Waals surface area (Å²) in [6.45, 7) is 0. The maximum absolute atomic E-state index is 12.4. The first kappa shape index (κ1) is 22.9. The summed E-state index contributed by atoms with van der Waals surface area (Å²) in [6.07, 6.45) is 0. The highest BCUT2D eigenvalue weighted by Crippen LogP contribution is 2.35. The highest BCUT2D eigenvalue weighted by Gasteiger charge is 2.17. The molecule has 8 nitrogen and oxygen atoms in total. The Hall–Kier alpha value is -1.76. The molecule has 2 aromatic carbocycles. The lowest BCUT2D eigenvalue weighted by Gasteiger charge is -2.10. The highest BCUT2D eigenvalue weighted by molar-refractivity contribution is 9.11. The Morgan fingerprint density at radius 2 is 1.77 bits per heavy atom. The second-order valence-corrected chi connectivity index (χ2v) is 9.39. The topological polar surface area (TPSA) is 104 Å². The summed E-state index contributed by atoms with van der Waals surface area (Å²) in [5, 5.41) is 11.5. The van der Waals surface area contributed by atoms with Gasteiger partial charge >= 0.3 is 0 Å². The molecule has 0 fully saturated rings. The predicted octanol–water partition coefficient (Wildman–Crippen LogP) is 4.69. The van der Waals surface area contributed by atoms with E-state index in [1.54, 1.807) is 32.4 Å². The Balaban J connectivity index is 1.71. The number of rotatable bonds is 7. The van der Waals surface area contributed by atoms with Crippen molar-refractivity contribution in [3.8, 4) is 22.9 Å². The predicted molar refractivity (Wildman–Crippen MR) is 128 cm³/mol. The lowest BCUT2D eigenvalue weighted by Crippen LogP contribution is -2.17. The van der Waals surface area contributed by atoms with Gasteiger partial charge in [-0.15, -0.1) is 10.2 Å². The first-order valence-electron chi connectivity index (χ1n) is 8.34. The molecule has 0 unspecified atom stereocenters. The fraction of sp³-hybridized carbons (Fsp3) is 0.167. The standard InChI is InChI=1S/C18H16Br3N5O3S/c1-28-13-4-3-9(5-14(13)29-2)17-24-25-18(26(17)22)30-8-15(27)23-16-11(20)6-10(19)7-12(16)21/h3-7H,8,22H2,1-2H3,(H,23,27). The molecule has 0 spiro atoms. The fourth-order valence-corrected chi connectivity index (χ4v) is 5.63. The minimum absolute atomic E-state index is 0.107. The summed E-state index contributed by atoms with van der Waals surface area (Å²) >= 11 is 11.5. The van der Waals surface area contributed by atoms with Crippen LogP contribution >= 0.6 is 59.6 Å². The van der Waals surface area contributed by atoms with Crippen molar-refractivity contribution in [2.45, 2.75) is 5.16 Å². The van der Waals surface area contributed by atoms with Crippen LogP contribution in [-0.4, -0.2) is 40.8 Å². The number of carbonyl (C=O) groups is 1. The van der Waals surface area contributed by atoms with Crippen molar-refractivity contribution in [1.82, 2.24) is 14.9 Å². The maximum Gasteiger partial charge on any atom is 0.234 e. The summed E-state index contributed by atoms with van der Waals surface area (Å²) in [7, 11) is 3.12. The van der Waals surface area contributed by atoms with Crippen LogP contribution in [-0.2, 0) is 4.79 Å². The molecule has 0 bridgehead atoms. The number of anilines is 1. The molecule has 0 aliphatic heterocycles. The molecular formula is C18H16Br3N5O3S. The molecule has 158 valence electrons. The Kier molecular flexibility index (Phi) is 7.66. The number of ether oxygens (including phenoxy) is 2. The Bertz CT molecular complexity index is 1070. The van der Waals surface area contributed by atoms with Crippen LogP contribution in [0.5, 0.6) is 11.5 Å². The van der Waals surface area contributed by atoms with Crippen LogP contribution in [0.3, 0.4) is 0 Å². The van der Waals surface area contributed by atoms with Crippen molar-refractivity contribution in [3.05, 3.63) is 43.7 Å². The van der Waals surface area contributed by atoms with E-state index in [1.165, 1.54) is 16.4 Å². The highest BCUT2D eigenvalue weighted by atomic mass is 79.9. The third kappa shape index (κ3) is 5.10. The molecule has 0 aliphatic rings. The Morgan fingerprint density at radius 1 is 1.10 bits per heavy atom. The summed E-state index contributed by atoms with van der Waals surface area (Å²) in [5.74, 6) is 7.64. The average molecular weight is 622 g/mol. The van der Waals surface area contributed by atoms with Gasteiger partial charge in [-0.05, 0) is 62.2 Å². The number of hydrogen-bond donors (Lipinski definition) is 2. The fourth-order valence-electron chi connectivity index (χ4n) is 2.51. The largest absolute Gasteiger partial charge is 0.493 e. The lowest BCUT2D eigenvalue weighted by atomic mass is 10.2. The smallest absolute Gasteiger partial charge is 0.234 e. The third-order valence-electron chi connectivity index (χ3n) is 3.91. The number of benzene rings is 2. The number of amides is 1. The molecule has 0 atom stereocenters. The van der Waals surface area contributed by atoms with Gasteiger partial charge in [0.2, 0.25) is 11.1 Å². The molecule has 1 amide bonds. The first-order chi connectivity index (χ1) is 14.3. The van der Waals surface area contributed by atoms with Crippen LogP contribution in [0.1, 0.15) is 0 Å². The number of halogens is 3. The van der Waals surface area contributed by atoms with Crippen LogP contribution in [0.15, 0.2) is 48.9 Å². The van der Waals surface area contributed by atoms with E-state index in [0.29, 0.717) is 33.7 Å². The van der Waals surface area contributed by atoms with E-state index >= 15 is 0 Å². The number of hydrogen-bond acceptors (Lipinski definition) is 7. The zero-order chi connectivity index (χ0) is 21.8. The minimum atomic E-state index is -0.209. The lowest BCUT2D eigenvalue weighted by molar-refractivity contribution is -0.113. The van der Waals surface area contributed by atoms with Crippen LogP contribution in [0.2, 0.25) is 0 Å². The first-order valence-corrected chi connectivity index (χ1v) is 11.7. The normalized spacial score (nSPS) is 10.7. The van der Waals surface area contributed by atoms with E-state index in [9.17, 15) is 4.79 Å². The van der Waals surface area contributed by atoms with Gasteiger partial charge in [0.1, 0.15) is 0 Å². The summed E-state index contributed by atoms with van der Waals surface area (Å²) in [4.78, 5) is 12.4. The number of nitrogens with zero attached hydrogens (tertiary/aromatic N) is 3. The van der Waals surface area contributed by atoms with Crippen LogP contribution in [0.25, 0.3) is 11.4 Å². The van der Waals surface area contributed by atoms with E-state index in [0.717, 1.165) is 13.4 Å². The van der Waals surface area contributed by atoms with Crippen molar-refractivity contribution in [2.75, 3.05) is 31.1 Å². The number of thioether (sulfide) groups is 1. The zero-order valence-corrected chi connectivity index (χ0v) is 21.4. The number of methoxy groups -OCH3 is 2. The van der Waals surface area contributed by atoms with E-state index in [1.807, 2.05) is 12.1 Å². The minimum Gasteiger partial charge on any atom is -0.493 e. The summed E-state index contributed by atoms with van der Waals surface area (Å²) in [6, 6.07) is 9.02. The summed E-state index contributed by atoms with van der Waals surface area (Å²) < 4.78 is 14.3. The molecule has 0 radical (unpaired) electrons. The number of carbonyl (C=O) groups excluding carboxylic acids is 1. The quantitative estimate of drug-likeness (QED) is 0.291. The molecule has 0 saturated heterocycles. The zero-order valence-electron chi connectivity index (χ0n) is 15.8. The summed E-state index contributed by atoms with van der Waals surface area (Å²) in [5.41, 5.74) is 1.35. The van der Waals surface area contributed by atoms with Crippen molar-refractivity contribution in [2.24, 2.45) is 0 Å². The van der Waals surface area contributed by atoms with Crippen LogP contribution in [0, 0.1) is 0 Å². The molecule has 1 aromatic heterocycles. The van der Waals surface area contributed by atoms with Crippen molar-refractivity contribution < 1.29 is 14.3 Å². The van der Waals surface area contributed by atoms with Crippen molar-refractivity contribution >= 4 is 71.1 Å². The van der Waals surface area contributed by atoms with Crippen LogP contribution in [0.4, 0.5) is 5.69 Å². The van der Waals surface area contributed by atoms with E-state index in [2.05, 4.69) is 63.3 Å². The molecule has 0 saturated carbocycles. The Morgan fingerprint density at radius 3 is 2.40 bits per heavy atom. The van der Waals surface area contributed by atoms with Gasteiger partial charge < -0.3 is 20.6 Å². The van der Waals surface area contributed by atoms with Crippen molar-refractivity contribution in [3.63, 3.8) is 0 Å². The monoisotopic (exact) mass is 619 g/mol. The van der Waals surface area contributed by atoms with E-state index in [-0.39, 0.29) is 11.7 Å². The van der Waals surface area contributed by atoms with E-state index in [4.69, 9.17) is 15.3 Å². The number of nitrogens with two attached hydrogens (primary N) is 1. The number of nitrogen functional groups attached to an aromatic ring is 1.